The second-order valence-corrected chi connectivity index (χ2v) is 5.09. The van der Waals surface area contributed by atoms with Crippen molar-refractivity contribution in [3.63, 3.8) is 0 Å². The van der Waals surface area contributed by atoms with Gasteiger partial charge in [0, 0.05) is 0 Å². The molecule has 15 heavy (non-hydrogen) atoms. The summed E-state index contributed by atoms with van der Waals surface area (Å²) in [6, 6.07) is 10.1. The molecule has 1 aliphatic rings. The van der Waals surface area contributed by atoms with Crippen molar-refractivity contribution < 1.29 is 4.74 Å². The van der Waals surface area contributed by atoms with Crippen LogP contribution in [0.15, 0.2) is 30.3 Å². The van der Waals surface area contributed by atoms with Gasteiger partial charge in [0.25, 0.3) is 0 Å². The Labute approximate surface area is 100 Å². The van der Waals surface area contributed by atoms with Crippen LogP contribution in [0.5, 0.6) is 5.75 Å². The molecule has 0 radical (unpaired) electrons. The highest BCUT2D eigenvalue weighted by Crippen LogP contribution is 2.37. The average molecular weight is 245 g/mol. The Morgan fingerprint density at radius 3 is 2.20 bits per heavy atom. The monoisotopic (exact) mass is 244 g/mol. The molecule has 0 saturated heterocycles. The first-order valence-corrected chi connectivity index (χ1v) is 5.89. The lowest BCUT2D eigenvalue weighted by Crippen LogP contribution is -2.30. The Morgan fingerprint density at radius 2 is 1.60 bits per heavy atom. The van der Waals surface area contributed by atoms with Crippen molar-refractivity contribution in [3.8, 4) is 5.75 Å². The van der Waals surface area contributed by atoms with Gasteiger partial charge in [-0.2, -0.15) is 0 Å². The lowest BCUT2D eigenvalue weighted by atomic mass is 9.97. The van der Waals surface area contributed by atoms with Crippen LogP contribution in [0.4, 0.5) is 0 Å². The van der Waals surface area contributed by atoms with Crippen molar-refractivity contribution in [2.75, 3.05) is 0 Å². The van der Waals surface area contributed by atoms with Crippen molar-refractivity contribution in [2.24, 2.45) is 0 Å². The van der Waals surface area contributed by atoms with Gasteiger partial charge in [-0.3, -0.25) is 0 Å². The number of hydrogen-bond acceptors (Lipinski definition) is 1. The Morgan fingerprint density at radius 1 is 1.00 bits per heavy atom. The van der Waals surface area contributed by atoms with Crippen LogP contribution in [0.25, 0.3) is 0 Å². The molecule has 1 atom stereocenters. The van der Waals surface area contributed by atoms with Gasteiger partial charge in [0.15, 0.2) is 0 Å². The Bertz CT molecular complexity index is 283. The van der Waals surface area contributed by atoms with E-state index in [9.17, 15) is 0 Å². The van der Waals surface area contributed by atoms with E-state index in [1.807, 2.05) is 30.3 Å². The minimum Gasteiger partial charge on any atom is -0.483 e. The van der Waals surface area contributed by atoms with Crippen molar-refractivity contribution in [2.45, 2.75) is 37.4 Å². The highest BCUT2D eigenvalue weighted by molar-refractivity contribution is 7.18. The third kappa shape index (κ3) is 3.66. The van der Waals surface area contributed by atoms with Crippen molar-refractivity contribution >= 4 is 21.6 Å². The maximum absolute atomic E-state index is 6.01. The van der Waals surface area contributed by atoms with Gasteiger partial charge >= 0.3 is 0 Å². The van der Waals surface area contributed by atoms with Crippen LogP contribution in [0.1, 0.15) is 32.1 Å². The lowest BCUT2D eigenvalue weighted by molar-refractivity contribution is 0.119. The van der Waals surface area contributed by atoms with Crippen LogP contribution < -0.4 is 4.74 Å². The second kappa shape index (κ2) is 5.72. The van der Waals surface area contributed by atoms with E-state index in [0.29, 0.717) is 0 Å². The summed E-state index contributed by atoms with van der Waals surface area (Å²) >= 11 is 0. The maximum atomic E-state index is 6.01. The molecule has 1 aliphatic carbocycles. The van der Waals surface area contributed by atoms with E-state index in [-0.39, 0.29) is 17.7 Å². The molecule has 0 aromatic heterocycles. The van der Waals surface area contributed by atoms with Crippen molar-refractivity contribution in [1.29, 1.82) is 0 Å². The molecule has 0 spiro atoms. The number of ether oxygens (including phenoxy) is 1. The van der Waals surface area contributed by atoms with E-state index >= 15 is 0 Å². The van der Waals surface area contributed by atoms with Gasteiger partial charge in [-0.05, 0) is 37.8 Å². The molecule has 0 N–H and O–H groups in total. The lowest BCUT2D eigenvalue weighted by Gasteiger charge is -2.34. The third-order valence-corrected chi connectivity index (χ3v) is 3.46. The number of benzene rings is 1. The molecule has 84 valence electrons. The molecule has 1 unspecified atom stereocenters. The van der Waals surface area contributed by atoms with Crippen LogP contribution in [0.2, 0.25) is 0 Å². The van der Waals surface area contributed by atoms with Gasteiger partial charge in [0.1, 0.15) is 11.1 Å². The summed E-state index contributed by atoms with van der Waals surface area (Å²) in [6.45, 7) is 0. The molecule has 1 fully saturated rings. The first-order valence-electron chi connectivity index (χ1n) is 5.31. The largest absolute Gasteiger partial charge is 0.483 e. The highest BCUT2D eigenvalue weighted by atomic mass is 35.5. The van der Waals surface area contributed by atoms with Crippen LogP contribution in [-0.4, -0.2) is 5.34 Å². The smallest absolute Gasteiger partial charge is 0.121 e. The predicted octanol–water partition coefficient (Wildman–Crippen LogP) is 4.02. The molecule has 1 aromatic rings. The van der Waals surface area contributed by atoms with Crippen molar-refractivity contribution in [1.82, 2.24) is 0 Å². The summed E-state index contributed by atoms with van der Waals surface area (Å²) in [7, 11) is 2.89. The molecule has 1 nitrogen and oxygen atoms in total. The number of rotatable bonds is 2. The van der Waals surface area contributed by atoms with E-state index in [0.717, 1.165) is 18.6 Å². The van der Waals surface area contributed by atoms with E-state index in [4.69, 9.17) is 4.74 Å². The predicted molar refractivity (Wildman–Crippen MR) is 69.8 cm³/mol. The minimum absolute atomic E-state index is 0. The Balaban J connectivity index is 0.00000112. The van der Waals surface area contributed by atoms with Crippen LogP contribution >= 0.6 is 21.6 Å². The summed E-state index contributed by atoms with van der Waals surface area (Å²) in [5.41, 5.74) is 0. The van der Waals surface area contributed by atoms with Crippen LogP contribution in [-0.2, 0) is 0 Å². The molecule has 0 bridgehead atoms. The molecule has 3 heteroatoms. The van der Waals surface area contributed by atoms with Crippen molar-refractivity contribution in [3.05, 3.63) is 30.3 Å². The number of hydrogen-bond donors (Lipinski definition) is 0. The zero-order valence-electron chi connectivity index (χ0n) is 8.82. The molecule has 0 heterocycles. The fourth-order valence-electron chi connectivity index (χ4n) is 1.98. The third-order valence-electron chi connectivity index (χ3n) is 2.76. The van der Waals surface area contributed by atoms with Gasteiger partial charge in [0.05, 0.1) is 0 Å². The average Bonchev–Trinajstić information content (AvgIpc) is 2.19. The topological polar surface area (TPSA) is 9.23 Å². The minimum atomic E-state index is -0.000394. The molecule has 1 saturated carbocycles. The van der Waals surface area contributed by atoms with E-state index in [1.54, 1.807) is 0 Å². The maximum Gasteiger partial charge on any atom is 0.121 e. The molecule has 2 rings (SSSR count). The second-order valence-electron chi connectivity index (χ2n) is 4.04. The summed E-state index contributed by atoms with van der Waals surface area (Å²) in [6.07, 6.45) is 6.25. The van der Waals surface area contributed by atoms with Gasteiger partial charge in [0.2, 0.25) is 0 Å². The van der Waals surface area contributed by atoms with Gasteiger partial charge in [-0.25, -0.2) is 0 Å². The van der Waals surface area contributed by atoms with Gasteiger partial charge in [-0.1, -0.05) is 33.9 Å². The molecule has 1 aromatic carbocycles. The van der Waals surface area contributed by atoms with E-state index in [1.165, 1.54) is 19.3 Å². The van der Waals surface area contributed by atoms with Crippen LogP contribution in [0, 0.1) is 0 Å². The van der Waals surface area contributed by atoms with Gasteiger partial charge < -0.3 is 4.74 Å². The summed E-state index contributed by atoms with van der Waals surface area (Å²) in [4.78, 5) is 0. The first kappa shape index (κ1) is 12.8. The summed E-state index contributed by atoms with van der Waals surface area (Å²) in [5, 5.41) is -0.000394. The zero-order valence-corrected chi connectivity index (χ0v) is 10.8. The summed E-state index contributed by atoms with van der Waals surface area (Å²) < 4.78 is 6.01. The van der Waals surface area contributed by atoms with E-state index in [2.05, 4.69) is 9.24 Å². The molecule has 0 aliphatic heterocycles. The Hall–Kier alpha value is -0.260. The molecular formula is C12H18ClOP. The SMILES string of the molecule is Cl.PC1(Oc2ccccc2)CCCCC1. The standard InChI is InChI=1S/C12H17OP.ClH/c14-12(9-5-2-6-10-12)13-11-7-3-1-4-8-11;/h1,3-4,7-8H,2,5-6,9-10,14H2;1H. The van der Waals surface area contributed by atoms with Crippen LogP contribution in [0.3, 0.4) is 0 Å². The quantitative estimate of drug-likeness (QED) is 0.714. The molecular weight excluding hydrogens is 227 g/mol. The van der Waals surface area contributed by atoms with E-state index < -0.39 is 0 Å². The zero-order chi connectivity index (χ0) is 9.86. The number of para-hydroxylation sites is 1. The summed E-state index contributed by atoms with van der Waals surface area (Å²) in [5.74, 6) is 0.990. The first-order chi connectivity index (χ1) is 6.79. The Kier molecular flexibility index (Phi) is 4.89. The van der Waals surface area contributed by atoms with Gasteiger partial charge in [-0.15, -0.1) is 12.4 Å². The fraction of sp³-hybridized carbons (Fsp3) is 0.500. The highest BCUT2D eigenvalue weighted by Gasteiger charge is 2.28. The normalized spacial score (nSPS) is 19.0. The number of halogens is 1. The fourth-order valence-corrected chi connectivity index (χ4v) is 2.52. The molecule has 0 amide bonds.